The molecule has 10 aromatic carbocycles. The van der Waals surface area contributed by atoms with Crippen LogP contribution in [0.4, 0.5) is 0 Å². The van der Waals surface area contributed by atoms with E-state index in [4.69, 9.17) is 29.9 Å². The first-order valence-electron chi connectivity index (χ1n) is 25.2. The molecule has 16 rings (SSSR count). The molecule has 0 N–H and O–H groups in total. The molecule has 0 unspecified atom stereocenters. The predicted octanol–water partition coefficient (Wildman–Crippen LogP) is 15.3. The summed E-state index contributed by atoms with van der Waals surface area (Å²) in [5.41, 5.74) is 9.80. The van der Waals surface area contributed by atoms with Gasteiger partial charge in [-0.25, -0.2) is 15.0 Å². The van der Waals surface area contributed by atoms with Crippen LogP contribution in [0.15, 0.2) is 231 Å². The van der Waals surface area contributed by atoms with E-state index >= 15 is 0 Å². The van der Waals surface area contributed by atoms with Crippen LogP contribution in [0.25, 0.3) is 151 Å². The smallest absolute Gasteiger partial charge is 0.0270 e. The van der Waals surface area contributed by atoms with Crippen molar-refractivity contribution >= 4 is 111 Å². The van der Waals surface area contributed by atoms with E-state index in [1.807, 2.05) is 60.7 Å². The first-order valence-corrected chi connectivity index (χ1v) is 28.6. The van der Waals surface area contributed by atoms with E-state index in [2.05, 4.69) is 179 Å². The van der Waals surface area contributed by atoms with Crippen molar-refractivity contribution in [1.29, 1.82) is 0 Å². The summed E-state index contributed by atoms with van der Waals surface area (Å²) in [5.74, 6) is 3.66. The fraction of sp³-hybridized carbons (Fsp3) is 0. The van der Waals surface area contributed by atoms with Gasteiger partial charge < -0.3 is 0 Å². The van der Waals surface area contributed by atoms with Crippen molar-refractivity contribution in [3.05, 3.63) is 231 Å². The molecule has 8 nitrogen and oxygen atoms in total. The Morgan fingerprint density at radius 2 is 0.711 bits per heavy atom. The average molecular weight is 1100 g/mol. The van der Waals surface area contributed by atoms with Crippen LogP contribution < -0.4 is 0 Å². The molecule has 0 bridgehead atoms. The molecule has 0 saturated heterocycles. The number of aromatic nitrogens is 8. The van der Waals surface area contributed by atoms with Gasteiger partial charge in [-0.1, -0.05) is 84.9 Å². The molecule has 6 aromatic heterocycles. The van der Waals surface area contributed by atoms with Crippen molar-refractivity contribution in [1.82, 2.24) is 39.0 Å². The monoisotopic (exact) mass is 1100 g/mol. The van der Waals surface area contributed by atoms with Crippen LogP contribution in [-0.4, -0.2) is 68.0 Å². The van der Waals surface area contributed by atoms with Gasteiger partial charge in [-0.3, -0.25) is 0 Å². The Kier molecular flexibility index (Phi) is 9.80. The first-order chi connectivity index (χ1) is 37.6. The third-order valence-electron chi connectivity index (χ3n) is 14.6. The molecule has 0 fully saturated rings. The summed E-state index contributed by atoms with van der Waals surface area (Å²) in [6.45, 7) is 0. The molecule has 0 radical (unpaired) electrons. The van der Waals surface area contributed by atoms with Gasteiger partial charge in [0.1, 0.15) is 0 Å². The van der Waals surface area contributed by atoms with Gasteiger partial charge in [-0.05, 0) is 18.2 Å². The van der Waals surface area contributed by atoms with Gasteiger partial charge >= 0.3 is 291 Å². The Morgan fingerprint density at radius 3 is 1.30 bits per heavy atom. The van der Waals surface area contributed by atoms with E-state index in [0.717, 1.165) is 77.1 Å². The van der Waals surface area contributed by atoms with Crippen molar-refractivity contribution in [2.45, 2.75) is 0 Å². The first kappa shape index (κ1) is 43.3. The summed E-state index contributed by atoms with van der Waals surface area (Å²) in [5, 5.41) is 9.55. The fourth-order valence-corrected chi connectivity index (χ4v) is 15.7. The quantitative estimate of drug-likeness (QED) is 0.148. The van der Waals surface area contributed by atoms with Crippen LogP contribution in [-0.2, 0) is 0 Å². The van der Waals surface area contributed by atoms with Crippen LogP contribution in [0, 0.1) is 0 Å². The van der Waals surface area contributed by atoms with Gasteiger partial charge in [0.25, 0.3) is 0 Å². The molecule has 76 heavy (non-hydrogen) atoms. The normalized spacial score (nSPS) is 11.9. The summed E-state index contributed by atoms with van der Waals surface area (Å²) in [6, 6.07) is 81.8. The number of para-hydroxylation sites is 2. The van der Waals surface area contributed by atoms with Crippen molar-refractivity contribution in [2.75, 3.05) is 0 Å². The van der Waals surface area contributed by atoms with E-state index in [1.54, 1.807) is 0 Å². The Balaban J connectivity index is 0.939. The van der Waals surface area contributed by atoms with Crippen LogP contribution in [0.1, 0.15) is 0 Å². The Hall–Kier alpha value is -9.14. The van der Waals surface area contributed by atoms with Gasteiger partial charge in [0, 0.05) is 22.4 Å². The molecule has 10 heteroatoms. The predicted molar refractivity (Wildman–Crippen MR) is 313 cm³/mol. The SMILES string of the molecule is c1ccc(-c2nc(-c3ccccc3)nc(-c3cccc(-n4c5ccccc5c5c4ccc4c6ccccc6n(-c6nc(-c7ccc8[se]c9ccccc9c8c7)nc(-c7ccc8[se]c9ccccc9c8c7)n6)c45)c3)n2)cc1. The zero-order chi connectivity index (χ0) is 49.8. The topological polar surface area (TPSA) is 87.2 Å². The molecule has 0 aliphatic carbocycles. The maximum Gasteiger partial charge on any atom is -0.0270 e. The maximum absolute atomic E-state index is 5.54. The summed E-state index contributed by atoms with van der Waals surface area (Å²) < 4.78 is 10.2. The Bertz CT molecular complexity index is 4830. The second-order valence-corrected chi connectivity index (χ2v) is 23.6. The van der Waals surface area contributed by atoms with E-state index in [1.165, 1.54) is 38.6 Å². The van der Waals surface area contributed by atoms with Crippen LogP contribution in [0.3, 0.4) is 0 Å². The number of benzene rings is 10. The van der Waals surface area contributed by atoms with E-state index in [-0.39, 0.29) is 29.0 Å². The minimum Gasteiger partial charge on any atom is -0.208 e. The van der Waals surface area contributed by atoms with Gasteiger partial charge in [0.05, 0.1) is 0 Å². The third kappa shape index (κ3) is 6.89. The molecule has 6 heterocycles. The van der Waals surface area contributed by atoms with Gasteiger partial charge in [0.2, 0.25) is 0 Å². The third-order valence-corrected chi connectivity index (χ3v) is 19.5. The summed E-state index contributed by atoms with van der Waals surface area (Å²) in [6.07, 6.45) is 0. The number of hydrogen-bond donors (Lipinski definition) is 0. The summed E-state index contributed by atoms with van der Waals surface area (Å²) >= 11 is 0.475. The minimum atomic E-state index is 0.238. The van der Waals surface area contributed by atoms with E-state index in [0.29, 0.717) is 35.1 Å². The van der Waals surface area contributed by atoms with Gasteiger partial charge in [-0.2, -0.15) is 0 Å². The second kappa shape index (κ2) is 17.2. The van der Waals surface area contributed by atoms with Crippen LogP contribution in [0.2, 0.25) is 0 Å². The number of fused-ring (bicyclic) bond motifs is 13. The number of nitrogens with zero attached hydrogens (tertiary/aromatic N) is 8. The van der Waals surface area contributed by atoms with Crippen LogP contribution >= 0.6 is 0 Å². The largest absolute Gasteiger partial charge is 0.208 e. The molecule has 0 atom stereocenters. The van der Waals surface area contributed by atoms with Crippen molar-refractivity contribution < 1.29 is 0 Å². The minimum absolute atomic E-state index is 0.238. The molecular formula is C66H38N8Se2. The molecular weight excluding hydrogens is 1060 g/mol. The van der Waals surface area contributed by atoms with Gasteiger partial charge in [-0.15, -0.1) is 0 Å². The van der Waals surface area contributed by atoms with Crippen molar-refractivity contribution in [2.24, 2.45) is 0 Å². The van der Waals surface area contributed by atoms with Crippen molar-refractivity contribution in [3.63, 3.8) is 0 Å². The van der Waals surface area contributed by atoms with E-state index in [9.17, 15) is 0 Å². The molecule has 354 valence electrons. The maximum atomic E-state index is 5.54. The molecule has 0 saturated carbocycles. The fourth-order valence-electron chi connectivity index (χ4n) is 11.2. The molecule has 0 spiro atoms. The second-order valence-electron chi connectivity index (χ2n) is 19.1. The summed E-state index contributed by atoms with van der Waals surface area (Å²) in [4.78, 5) is 31.7. The van der Waals surface area contributed by atoms with Gasteiger partial charge in [0.15, 0.2) is 17.5 Å². The van der Waals surface area contributed by atoms with Crippen LogP contribution in [0.5, 0.6) is 0 Å². The Morgan fingerprint density at radius 1 is 0.263 bits per heavy atom. The molecule has 0 aliphatic rings. The summed E-state index contributed by atoms with van der Waals surface area (Å²) in [7, 11) is 0. The standard InChI is InChI=1S/C66H38N8Se2/c1-3-16-39(17-4-1)61-67-62(40-18-5-2-6-19-40)69-63(68-61)41-20-15-21-44(36-41)73-53-27-12-8-25-49(53)59-54(73)33-32-48-45-22-7-11-26-52(45)74(60(48)59)66-71-64(42-30-34-57-50(37-42)46-23-9-13-28-55(46)75-57)70-65(72-66)43-31-35-58-51(38-43)47-24-10-14-29-56(47)76-58/h1-38H. The Labute approximate surface area is 446 Å². The molecule has 0 amide bonds. The molecule has 16 aromatic rings. The average Bonchev–Trinajstić information content (AvgIpc) is 4.25. The van der Waals surface area contributed by atoms with Crippen molar-refractivity contribution in [3.8, 4) is 68.6 Å². The number of hydrogen-bond acceptors (Lipinski definition) is 6. The zero-order valence-corrected chi connectivity index (χ0v) is 43.8. The van der Waals surface area contributed by atoms with E-state index < -0.39 is 0 Å². The number of rotatable bonds is 7. The molecule has 0 aliphatic heterocycles. The zero-order valence-electron chi connectivity index (χ0n) is 40.3.